The molecule has 1 aromatic heterocycles. The zero-order valence-electron chi connectivity index (χ0n) is 10.2. The average molecular weight is 250 g/mol. The van der Waals surface area contributed by atoms with E-state index in [1.54, 1.807) is 11.6 Å². The van der Waals surface area contributed by atoms with Gasteiger partial charge in [-0.25, -0.2) is 0 Å². The lowest BCUT2D eigenvalue weighted by molar-refractivity contribution is 0.772. The highest BCUT2D eigenvalue weighted by atomic mass is 35.5. The summed E-state index contributed by atoms with van der Waals surface area (Å²) < 4.78 is 1.69. The Morgan fingerprint density at radius 3 is 2.71 bits per heavy atom. The molecule has 0 radical (unpaired) electrons. The first-order chi connectivity index (χ1) is 8.16. The van der Waals surface area contributed by atoms with Crippen molar-refractivity contribution in [2.24, 2.45) is 7.05 Å². The van der Waals surface area contributed by atoms with Crippen LogP contribution in [-0.2, 0) is 13.5 Å². The van der Waals surface area contributed by atoms with E-state index in [-0.39, 0.29) is 5.56 Å². The molecule has 1 aromatic carbocycles. The zero-order chi connectivity index (χ0) is 12.4. The molecule has 0 spiro atoms. The molecular weight excluding hydrogens is 234 g/mol. The lowest BCUT2D eigenvalue weighted by Crippen LogP contribution is -2.22. The molecular formula is C14H16ClNO. The molecule has 0 saturated carbocycles. The number of halogens is 1. The van der Waals surface area contributed by atoms with Gasteiger partial charge in [-0.1, -0.05) is 43.1 Å². The van der Waals surface area contributed by atoms with Crippen molar-refractivity contribution >= 4 is 22.5 Å². The standard InChI is InChI=1S/C14H16ClNO/c1-3-4-7-11-13(15)10-8-5-6-9-12(10)16(2)14(11)17/h5-6,8-9H,3-4,7H2,1-2H3. The molecule has 0 unspecified atom stereocenters. The number of fused-ring (bicyclic) bond motifs is 1. The predicted octanol–water partition coefficient (Wildman–Crippen LogP) is 3.53. The highest BCUT2D eigenvalue weighted by Gasteiger charge is 2.12. The van der Waals surface area contributed by atoms with Crippen LogP contribution < -0.4 is 5.56 Å². The van der Waals surface area contributed by atoms with Crippen molar-refractivity contribution in [1.29, 1.82) is 0 Å². The summed E-state index contributed by atoms with van der Waals surface area (Å²) in [6, 6.07) is 7.75. The van der Waals surface area contributed by atoms with Crippen LogP contribution in [0, 0.1) is 0 Å². The maximum Gasteiger partial charge on any atom is 0.255 e. The zero-order valence-corrected chi connectivity index (χ0v) is 10.9. The Balaban J connectivity index is 2.73. The van der Waals surface area contributed by atoms with E-state index in [1.807, 2.05) is 24.3 Å². The third-order valence-electron chi connectivity index (χ3n) is 3.11. The van der Waals surface area contributed by atoms with Crippen molar-refractivity contribution in [3.8, 4) is 0 Å². The summed E-state index contributed by atoms with van der Waals surface area (Å²) in [6.45, 7) is 2.11. The second kappa shape index (κ2) is 4.92. The Kier molecular flexibility index (Phi) is 3.53. The molecule has 17 heavy (non-hydrogen) atoms. The fourth-order valence-corrected chi connectivity index (χ4v) is 2.43. The number of nitrogens with zero attached hydrogens (tertiary/aromatic N) is 1. The summed E-state index contributed by atoms with van der Waals surface area (Å²) in [4.78, 5) is 12.2. The van der Waals surface area contributed by atoms with Crippen molar-refractivity contribution in [2.45, 2.75) is 26.2 Å². The number of hydrogen-bond acceptors (Lipinski definition) is 1. The first-order valence-electron chi connectivity index (χ1n) is 5.93. The molecule has 0 fully saturated rings. The molecule has 0 amide bonds. The summed E-state index contributed by atoms with van der Waals surface area (Å²) >= 11 is 6.34. The fourth-order valence-electron chi connectivity index (χ4n) is 2.09. The molecule has 2 nitrogen and oxygen atoms in total. The highest BCUT2D eigenvalue weighted by molar-refractivity contribution is 6.36. The molecule has 0 aliphatic carbocycles. The summed E-state index contributed by atoms with van der Waals surface area (Å²) in [5.74, 6) is 0. The first kappa shape index (κ1) is 12.2. The van der Waals surface area contributed by atoms with Crippen molar-refractivity contribution in [2.75, 3.05) is 0 Å². The largest absolute Gasteiger partial charge is 0.311 e. The SMILES string of the molecule is CCCCc1c(Cl)c2ccccc2n(C)c1=O. The van der Waals surface area contributed by atoms with Crippen molar-refractivity contribution in [3.63, 3.8) is 0 Å². The number of unbranched alkanes of at least 4 members (excludes halogenated alkanes) is 1. The van der Waals surface area contributed by atoms with Crippen LogP contribution in [0.5, 0.6) is 0 Å². The van der Waals surface area contributed by atoms with E-state index in [0.29, 0.717) is 5.02 Å². The Morgan fingerprint density at radius 2 is 2.00 bits per heavy atom. The average Bonchev–Trinajstić information content (AvgIpc) is 2.36. The maximum absolute atomic E-state index is 12.2. The Hall–Kier alpha value is -1.28. The van der Waals surface area contributed by atoms with Gasteiger partial charge >= 0.3 is 0 Å². The van der Waals surface area contributed by atoms with Crippen LogP contribution >= 0.6 is 11.6 Å². The molecule has 0 aliphatic rings. The molecule has 3 heteroatoms. The second-order valence-electron chi connectivity index (χ2n) is 4.28. The van der Waals surface area contributed by atoms with Crippen LogP contribution in [0.15, 0.2) is 29.1 Å². The number of benzene rings is 1. The van der Waals surface area contributed by atoms with Crippen molar-refractivity contribution in [3.05, 3.63) is 45.2 Å². The van der Waals surface area contributed by atoms with Crippen LogP contribution in [0.4, 0.5) is 0 Å². The van der Waals surface area contributed by atoms with Gasteiger partial charge in [0, 0.05) is 18.0 Å². The third-order valence-corrected chi connectivity index (χ3v) is 3.54. The third kappa shape index (κ3) is 2.09. The normalized spacial score (nSPS) is 11.0. The molecule has 2 rings (SSSR count). The molecule has 2 aromatic rings. The van der Waals surface area contributed by atoms with Crippen LogP contribution in [0.1, 0.15) is 25.3 Å². The van der Waals surface area contributed by atoms with Crippen LogP contribution in [0.2, 0.25) is 5.02 Å². The van der Waals surface area contributed by atoms with E-state index < -0.39 is 0 Å². The summed E-state index contributed by atoms with van der Waals surface area (Å²) in [5, 5.41) is 1.58. The maximum atomic E-state index is 12.2. The van der Waals surface area contributed by atoms with Crippen LogP contribution in [0.3, 0.4) is 0 Å². The Bertz CT molecular complexity index is 601. The Labute approximate surface area is 106 Å². The van der Waals surface area contributed by atoms with Gasteiger partial charge in [-0.05, 0) is 18.9 Å². The van der Waals surface area contributed by atoms with E-state index in [4.69, 9.17) is 11.6 Å². The van der Waals surface area contributed by atoms with E-state index in [0.717, 1.165) is 35.7 Å². The first-order valence-corrected chi connectivity index (χ1v) is 6.30. The van der Waals surface area contributed by atoms with E-state index >= 15 is 0 Å². The number of para-hydroxylation sites is 1. The van der Waals surface area contributed by atoms with Gasteiger partial charge in [-0.15, -0.1) is 0 Å². The lowest BCUT2D eigenvalue weighted by Gasteiger charge is -2.11. The predicted molar refractivity (Wildman–Crippen MR) is 72.8 cm³/mol. The van der Waals surface area contributed by atoms with Crippen molar-refractivity contribution < 1.29 is 0 Å². The van der Waals surface area contributed by atoms with Gasteiger partial charge in [0.1, 0.15) is 0 Å². The van der Waals surface area contributed by atoms with E-state index in [9.17, 15) is 4.79 Å². The quantitative estimate of drug-likeness (QED) is 0.816. The van der Waals surface area contributed by atoms with Crippen molar-refractivity contribution in [1.82, 2.24) is 4.57 Å². The molecule has 0 aliphatic heterocycles. The minimum absolute atomic E-state index is 0.0298. The second-order valence-corrected chi connectivity index (χ2v) is 4.66. The monoisotopic (exact) mass is 249 g/mol. The number of aromatic nitrogens is 1. The summed E-state index contributed by atoms with van der Waals surface area (Å²) in [5.41, 5.74) is 1.67. The fraction of sp³-hybridized carbons (Fsp3) is 0.357. The highest BCUT2D eigenvalue weighted by Crippen LogP contribution is 2.25. The molecule has 0 bridgehead atoms. The van der Waals surface area contributed by atoms with Gasteiger partial charge in [-0.2, -0.15) is 0 Å². The number of rotatable bonds is 3. The number of aryl methyl sites for hydroxylation is 1. The molecule has 90 valence electrons. The molecule has 0 saturated heterocycles. The van der Waals surface area contributed by atoms with E-state index in [2.05, 4.69) is 6.92 Å². The minimum Gasteiger partial charge on any atom is -0.311 e. The summed E-state index contributed by atoms with van der Waals surface area (Å²) in [6.07, 6.45) is 2.81. The topological polar surface area (TPSA) is 22.0 Å². The van der Waals surface area contributed by atoms with Gasteiger partial charge < -0.3 is 4.57 Å². The number of hydrogen-bond donors (Lipinski definition) is 0. The van der Waals surface area contributed by atoms with Crippen LogP contribution in [0.25, 0.3) is 10.9 Å². The molecule has 0 N–H and O–H groups in total. The van der Waals surface area contributed by atoms with Gasteiger partial charge in [0.05, 0.1) is 10.5 Å². The molecule has 1 heterocycles. The van der Waals surface area contributed by atoms with Gasteiger partial charge in [0.25, 0.3) is 5.56 Å². The lowest BCUT2D eigenvalue weighted by atomic mass is 10.1. The summed E-state index contributed by atoms with van der Waals surface area (Å²) in [7, 11) is 1.80. The van der Waals surface area contributed by atoms with Crippen LogP contribution in [-0.4, -0.2) is 4.57 Å². The van der Waals surface area contributed by atoms with Gasteiger partial charge in [0.2, 0.25) is 0 Å². The smallest absolute Gasteiger partial charge is 0.255 e. The Morgan fingerprint density at radius 1 is 1.29 bits per heavy atom. The van der Waals surface area contributed by atoms with E-state index in [1.165, 1.54) is 0 Å². The number of pyridine rings is 1. The van der Waals surface area contributed by atoms with Gasteiger partial charge in [-0.3, -0.25) is 4.79 Å². The molecule has 0 atom stereocenters. The minimum atomic E-state index is 0.0298. The van der Waals surface area contributed by atoms with Gasteiger partial charge in [0.15, 0.2) is 0 Å².